The molecule has 20 heavy (non-hydrogen) atoms. The van der Waals surface area contributed by atoms with Crippen molar-refractivity contribution in [3.05, 3.63) is 46.9 Å². The molecule has 1 saturated heterocycles. The van der Waals surface area contributed by atoms with Crippen molar-refractivity contribution in [1.29, 1.82) is 0 Å². The van der Waals surface area contributed by atoms with Crippen LogP contribution in [0.15, 0.2) is 30.6 Å². The third-order valence-electron chi connectivity index (χ3n) is 3.17. The molecule has 0 atom stereocenters. The number of rotatable bonds is 4. The lowest BCUT2D eigenvalue weighted by molar-refractivity contribution is 0.0690. The van der Waals surface area contributed by atoms with Crippen molar-refractivity contribution in [3.63, 3.8) is 0 Å². The molecule has 0 radical (unpaired) electrons. The highest BCUT2D eigenvalue weighted by atomic mass is 35.5. The number of aromatic nitrogens is 2. The standard InChI is InChI=1S/C14H12ClN3O2/c15-11-5-9(1-2-10(11)7-18-3-4-18)12-6-13(14(19)20)17-8-16-12/h1-2,5-6,8H,3-4,7H2,(H,19,20). The smallest absolute Gasteiger partial charge is 0.354 e. The molecule has 0 amide bonds. The molecule has 5 nitrogen and oxygen atoms in total. The Hall–Kier alpha value is -1.98. The first-order valence-corrected chi connectivity index (χ1v) is 6.58. The highest BCUT2D eigenvalue weighted by molar-refractivity contribution is 6.31. The lowest BCUT2D eigenvalue weighted by Crippen LogP contribution is -2.01. The summed E-state index contributed by atoms with van der Waals surface area (Å²) in [6.07, 6.45) is 1.25. The van der Waals surface area contributed by atoms with Crippen LogP contribution in [0.3, 0.4) is 0 Å². The van der Waals surface area contributed by atoms with E-state index in [9.17, 15) is 4.79 Å². The molecular weight excluding hydrogens is 278 g/mol. The zero-order chi connectivity index (χ0) is 14.1. The molecule has 2 heterocycles. The average Bonchev–Trinajstić information content (AvgIpc) is 3.25. The number of aromatic carboxylic acids is 1. The zero-order valence-corrected chi connectivity index (χ0v) is 11.3. The Bertz CT molecular complexity index is 671. The second-order valence-corrected chi connectivity index (χ2v) is 5.08. The molecule has 0 aliphatic carbocycles. The highest BCUT2D eigenvalue weighted by Crippen LogP contribution is 2.26. The van der Waals surface area contributed by atoms with Crippen molar-refractivity contribution < 1.29 is 9.90 Å². The fraction of sp³-hybridized carbons (Fsp3) is 0.214. The maximum atomic E-state index is 10.9. The monoisotopic (exact) mass is 289 g/mol. The van der Waals surface area contributed by atoms with Crippen LogP contribution in [0.4, 0.5) is 0 Å². The minimum Gasteiger partial charge on any atom is -0.477 e. The van der Waals surface area contributed by atoms with Gasteiger partial charge in [-0.05, 0) is 17.7 Å². The predicted molar refractivity (Wildman–Crippen MR) is 74.7 cm³/mol. The summed E-state index contributed by atoms with van der Waals surface area (Å²) in [7, 11) is 0. The van der Waals surface area contributed by atoms with Crippen molar-refractivity contribution in [3.8, 4) is 11.3 Å². The molecule has 6 heteroatoms. The summed E-state index contributed by atoms with van der Waals surface area (Å²) >= 11 is 6.27. The Kier molecular flexibility index (Phi) is 3.38. The van der Waals surface area contributed by atoms with Crippen molar-refractivity contribution in [2.24, 2.45) is 0 Å². The van der Waals surface area contributed by atoms with Crippen LogP contribution in [0.25, 0.3) is 11.3 Å². The van der Waals surface area contributed by atoms with Gasteiger partial charge in [-0.2, -0.15) is 0 Å². The number of nitrogens with zero attached hydrogens (tertiary/aromatic N) is 3. The lowest BCUT2D eigenvalue weighted by Gasteiger charge is -2.07. The quantitative estimate of drug-likeness (QED) is 0.875. The molecule has 0 bridgehead atoms. The van der Waals surface area contributed by atoms with Crippen molar-refractivity contribution in [2.45, 2.75) is 6.54 Å². The molecule has 0 saturated carbocycles. The van der Waals surface area contributed by atoms with E-state index in [1.807, 2.05) is 18.2 Å². The molecule has 1 N–H and O–H groups in total. The van der Waals surface area contributed by atoms with Gasteiger partial charge in [-0.1, -0.05) is 23.7 Å². The summed E-state index contributed by atoms with van der Waals surface area (Å²) in [5, 5.41) is 9.61. The Morgan fingerprint density at radius 3 is 2.75 bits per heavy atom. The van der Waals surface area contributed by atoms with E-state index < -0.39 is 5.97 Å². The van der Waals surface area contributed by atoms with Crippen LogP contribution in [0.5, 0.6) is 0 Å². The van der Waals surface area contributed by atoms with Crippen molar-refractivity contribution in [1.82, 2.24) is 14.9 Å². The zero-order valence-electron chi connectivity index (χ0n) is 10.6. The Labute approximate surface area is 120 Å². The van der Waals surface area contributed by atoms with Gasteiger partial charge < -0.3 is 5.11 Å². The topological polar surface area (TPSA) is 66.1 Å². The first-order chi connectivity index (χ1) is 9.63. The Morgan fingerprint density at radius 2 is 2.10 bits per heavy atom. The van der Waals surface area contributed by atoms with Gasteiger partial charge in [-0.3, -0.25) is 4.90 Å². The number of carbonyl (C=O) groups is 1. The summed E-state index contributed by atoms with van der Waals surface area (Å²) in [5.74, 6) is -1.07. The van der Waals surface area contributed by atoms with Gasteiger partial charge in [-0.25, -0.2) is 14.8 Å². The van der Waals surface area contributed by atoms with Crippen LogP contribution in [0.1, 0.15) is 16.1 Å². The van der Waals surface area contributed by atoms with Crippen LogP contribution < -0.4 is 0 Å². The second-order valence-electron chi connectivity index (χ2n) is 4.68. The fourth-order valence-electron chi connectivity index (χ4n) is 1.94. The van der Waals surface area contributed by atoms with Crippen LogP contribution in [-0.2, 0) is 6.54 Å². The summed E-state index contributed by atoms with van der Waals surface area (Å²) in [6.45, 7) is 3.08. The highest BCUT2D eigenvalue weighted by Gasteiger charge is 2.18. The van der Waals surface area contributed by atoms with Crippen LogP contribution in [0.2, 0.25) is 5.02 Å². The minimum atomic E-state index is -1.07. The van der Waals surface area contributed by atoms with E-state index >= 15 is 0 Å². The number of halogens is 1. The van der Waals surface area contributed by atoms with Gasteiger partial charge in [0.1, 0.15) is 6.33 Å². The Balaban J connectivity index is 1.91. The van der Waals surface area contributed by atoms with Crippen LogP contribution in [0, 0.1) is 0 Å². The molecule has 102 valence electrons. The first-order valence-electron chi connectivity index (χ1n) is 6.20. The predicted octanol–water partition coefficient (Wildman–Crippen LogP) is 2.31. The maximum Gasteiger partial charge on any atom is 0.354 e. The van der Waals surface area contributed by atoms with Gasteiger partial charge >= 0.3 is 5.97 Å². The molecule has 1 aliphatic rings. The molecule has 1 aromatic heterocycles. The van der Waals surface area contributed by atoms with Gasteiger partial charge in [-0.15, -0.1) is 0 Å². The number of carboxylic acids is 1. The minimum absolute atomic E-state index is 0.0284. The van der Waals surface area contributed by atoms with Gasteiger partial charge in [0.05, 0.1) is 5.69 Å². The molecule has 1 fully saturated rings. The second kappa shape index (κ2) is 5.19. The number of benzene rings is 1. The summed E-state index contributed by atoms with van der Waals surface area (Å²) in [4.78, 5) is 21.0. The molecule has 1 aromatic carbocycles. The maximum absolute atomic E-state index is 10.9. The molecule has 2 aromatic rings. The summed E-state index contributed by atoms with van der Waals surface area (Å²) in [5.41, 5.74) is 2.38. The van der Waals surface area contributed by atoms with E-state index in [0.717, 1.165) is 30.8 Å². The third-order valence-corrected chi connectivity index (χ3v) is 3.52. The molecule has 0 unspecified atom stereocenters. The average molecular weight is 290 g/mol. The Morgan fingerprint density at radius 1 is 1.30 bits per heavy atom. The molecular formula is C14H12ClN3O2. The SMILES string of the molecule is O=C(O)c1cc(-c2ccc(CN3CC3)c(Cl)c2)ncn1. The van der Waals surface area contributed by atoms with E-state index in [-0.39, 0.29) is 5.69 Å². The van der Waals surface area contributed by atoms with Crippen LogP contribution >= 0.6 is 11.6 Å². The largest absolute Gasteiger partial charge is 0.477 e. The number of hydrogen-bond donors (Lipinski definition) is 1. The first kappa shape index (κ1) is 13.0. The van der Waals surface area contributed by atoms with Gasteiger partial charge in [0, 0.05) is 30.2 Å². The van der Waals surface area contributed by atoms with E-state index in [4.69, 9.17) is 16.7 Å². The van der Waals surface area contributed by atoms with Crippen molar-refractivity contribution in [2.75, 3.05) is 13.1 Å². The van der Waals surface area contributed by atoms with E-state index in [1.165, 1.54) is 12.4 Å². The van der Waals surface area contributed by atoms with Crippen molar-refractivity contribution >= 4 is 17.6 Å². The summed E-state index contributed by atoms with van der Waals surface area (Å²) < 4.78 is 0. The third kappa shape index (κ3) is 2.79. The summed E-state index contributed by atoms with van der Waals surface area (Å²) in [6, 6.07) is 7.11. The van der Waals surface area contributed by atoms with E-state index in [1.54, 1.807) is 0 Å². The van der Waals surface area contributed by atoms with E-state index in [2.05, 4.69) is 14.9 Å². The van der Waals surface area contributed by atoms with Gasteiger partial charge in [0.15, 0.2) is 5.69 Å². The normalized spacial score (nSPS) is 14.2. The van der Waals surface area contributed by atoms with Gasteiger partial charge in [0.25, 0.3) is 0 Å². The molecule has 1 aliphatic heterocycles. The lowest BCUT2D eigenvalue weighted by atomic mass is 10.1. The van der Waals surface area contributed by atoms with Crippen LogP contribution in [-0.4, -0.2) is 39.0 Å². The number of hydrogen-bond acceptors (Lipinski definition) is 4. The van der Waals surface area contributed by atoms with Gasteiger partial charge in [0.2, 0.25) is 0 Å². The van der Waals surface area contributed by atoms with E-state index in [0.29, 0.717) is 10.7 Å². The molecule has 0 spiro atoms. The number of carboxylic acid groups (broad SMARTS) is 1. The molecule has 3 rings (SSSR count). The fourth-order valence-corrected chi connectivity index (χ4v) is 2.18.